The lowest BCUT2D eigenvalue weighted by Crippen LogP contribution is -2.34. The highest BCUT2D eigenvalue weighted by molar-refractivity contribution is 7.99. The fourth-order valence-electron chi connectivity index (χ4n) is 2.50. The van der Waals surface area contributed by atoms with E-state index in [1.807, 2.05) is 31.2 Å². The normalized spacial score (nSPS) is 17.5. The molecule has 0 bridgehead atoms. The zero-order valence-electron chi connectivity index (χ0n) is 12.3. The van der Waals surface area contributed by atoms with Crippen LogP contribution in [0.5, 0.6) is 0 Å². The molecule has 5 heteroatoms. The number of thioether (sulfide) groups is 1. The van der Waals surface area contributed by atoms with Crippen LogP contribution in [0.3, 0.4) is 0 Å². The first-order valence-corrected chi connectivity index (χ1v) is 8.20. The fraction of sp³-hybridized carbons (Fsp3) is 0.235. The Labute approximate surface area is 133 Å². The van der Waals surface area contributed by atoms with Crippen molar-refractivity contribution in [1.82, 2.24) is 4.90 Å². The number of nitrogens with zero attached hydrogens (tertiary/aromatic N) is 1. The summed E-state index contributed by atoms with van der Waals surface area (Å²) >= 11 is 1.69. The van der Waals surface area contributed by atoms with Gasteiger partial charge in [0, 0.05) is 18.0 Å². The Hall–Kier alpha value is -2.01. The molecule has 114 valence electrons. The zero-order valence-corrected chi connectivity index (χ0v) is 13.1. The number of urea groups is 1. The molecule has 1 aliphatic rings. The maximum atomic E-state index is 13.1. The first kappa shape index (κ1) is 14.9. The number of halogens is 1. The summed E-state index contributed by atoms with van der Waals surface area (Å²) < 4.78 is 13.1. The van der Waals surface area contributed by atoms with E-state index in [4.69, 9.17) is 0 Å². The molecule has 0 aliphatic carbocycles. The van der Waals surface area contributed by atoms with E-state index >= 15 is 0 Å². The van der Waals surface area contributed by atoms with Crippen LogP contribution in [0.25, 0.3) is 0 Å². The molecule has 1 N–H and O–H groups in total. The van der Waals surface area contributed by atoms with Crippen molar-refractivity contribution in [2.45, 2.75) is 12.3 Å². The van der Waals surface area contributed by atoms with Crippen molar-refractivity contribution in [3.8, 4) is 0 Å². The van der Waals surface area contributed by atoms with E-state index in [0.717, 1.165) is 22.6 Å². The molecule has 1 atom stereocenters. The fourth-order valence-corrected chi connectivity index (χ4v) is 3.76. The highest BCUT2D eigenvalue weighted by atomic mass is 32.2. The van der Waals surface area contributed by atoms with Crippen LogP contribution in [-0.4, -0.2) is 23.2 Å². The second-order valence-electron chi connectivity index (χ2n) is 5.27. The Kier molecular flexibility index (Phi) is 4.34. The van der Waals surface area contributed by atoms with Gasteiger partial charge in [0.25, 0.3) is 0 Å². The van der Waals surface area contributed by atoms with E-state index in [-0.39, 0.29) is 17.2 Å². The second-order valence-corrected chi connectivity index (χ2v) is 6.46. The minimum Gasteiger partial charge on any atom is -0.308 e. The summed E-state index contributed by atoms with van der Waals surface area (Å²) in [5, 5.41) is 2.87. The molecule has 3 rings (SSSR count). The Balaban J connectivity index is 1.75. The van der Waals surface area contributed by atoms with Gasteiger partial charge in [0.05, 0.1) is 0 Å². The number of amides is 2. The molecule has 22 heavy (non-hydrogen) atoms. The van der Waals surface area contributed by atoms with Crippen LogP contribution in [0.2, 0.25) is 0 Å². The van der Waals surface area contributed by atoms with E-state index in [2.05, 4.69) is 5.32 Å². The number of carbonyl (C=O) groups excluding carboxylic acids is 1. The summed E-state index contributed by atoms with van der Waals surface area (Å²) in [4.78, 5) is 14.3. The first-order valence-electron chi connectivity index (χ1n) is 7.15. The summed E-state index contributed by atoms with van der Waals surface area (Å²) in [6, 6.07) is 14.0. The molecular weight excluding hydrogens is 299 g/mol. The van der Waals surface area contributed by atoms with Crippen molar-refractivity contribution in [1.29, 1.82) is 0 Å². The SMILES string of the molecule is Cc1cccc(NC(=O)N2CCSC2c2ccc(F)cc2)c1. The van der Waals surface area contributed by atoms with Gasteiger partial charge in [-0.2, -0.15) is 0 Å². The number of benzene rings is 2. The van der Waals surface area contributed by atoms with Crippen molar-refractivity contribution in [3.05, 3.63) is 65.5 Å². The van der Waals surface area contributed by atoms with Crippen molar-refractivity contribution in [2.75, 3.05) is 17.6 Å². The Morgan fingerprint density at radius 1 is 1.27 bits per heavy atom. The third-order valence-corrected chi connectivity index (χ3v) is 4.84. The first-order chi connectivity index (χ1) is 10.6. The summed E-state index contributed by atoms with van der Waals surface area (Å²) in [5.74, 6) is 0.617. The molecular formula is C17H17FN2OS. The molecule has 0 aromatic heterocycles. The molecule has 1 heterocycles. The van der Waals surface area contributed by atoms with Crippen LogP contribution >= 0.6 is 11.8 Å². The predicted octanol–water partition coefficient (Wildman–Crippen LogP) is 4.41. The van der Waals surface area contributed by atoms with Gasteiger partial charge in [0.2, 0.25) is 0 Å². The molecule has 0 spiro atoms. The maximum Gasteiger partial charge on any atom is 0.323 e. The van der Waals surface area contributed by atoms with Gasteiger partial charge in [-0.15, -0.1) is 11.8 Å². The molecule has 1 aliphatic heterocycles. The van der Waals surface area contributed by atoms with Crippen LogP contribution < -0.4 is 5.32 Å². The average Bonchev–Trinajstić information content (AvgIpc) is 2.97. The van der Waals surface area contributed by atoms with E-state index in [0.29, 0.717) is 6.54 Å². The monoisotopic (exact) mass is 316 g/mol. The third-order valence-electron chi connectivity index (χ3n) is 3.58. The highest BCUT2D eigenvalue weighted by Gasteiger charge is 2.30. The molecule has 1 saturated heterocycles. The quantitative estimate of drug-likeness (QED) is 0.890. The Morgan fingerprint density at radius 3 is 2.77 bits per heavy atom. The number of nitrogens with one attached hydrogen (secondary N) is 1. The van der Waals surface area contributed by atoms with Gasteiger partial charge in [-0.25, -0.2) is 9.18 Å². The van der Waals surface area contributed by atoms with E-state index < -0.39 is 0 Å². The van der Waals surface area contributed by atoms with Crippen molar-refractivity contribution >= 4 is 23.5 Å². The summed E-state index contributed by atoms with van der Waals surface area (Å²) in [6.45, 7) is 2.67. The van der Waals surface area contributed by atoms with Crippen molar-refractivity contribution in [3.63, 3.8) is 0 Å². The van der Waals surface area contributed by atoms with E-state index in [1.54, 1.807) is 28.8 Å². The van der Waals surface area contributed by atoms with E-state index in [9.17, 15) is 9.18 Å². The molecule has 1 unspecified atom stereocenters. The highest BCUT2D eigenvalue weighted by Crippen LogP contribution is 2.38. The van der Waals surface area contributed by atoms with Gasteiger partial charge in [-0.3, -0.25) is 0 Å². The standard InChI is InChI=1S/C17H17FN2OS/c1-12-3-2-4-15(11-12)19-17(21)20-9-10-22-16(20)13-5-7-14(18)8-6-13/h2-8,11,16H,9-10H2,1H3,(H,19,21). The second kappa shape index (κ2) is 6.40. The lowest BCUT2D eigenvalue weighted by Gasteiger charge is -2.24. The van der Waals surface area contributed by atoms with Crippen molar-refractivity contribution < 1.29 is 9.18 Å². The zero-order chi connectivity index (χ0) is 15.5. The lowest BCUT2D eigenvalue weighted by atomic mass is 10.2. The molecule has 2 aromatic rings. The number of hydrogen-bond donors (Lipinski definition) is 1. The van der Waals surface area contributed by atoms with Gasteiger partial charge in [0.15, 0.2) is 0 Å². The van der Waals surface area contributed by atoms with Crippen LogP contribution in [0.1, 0.15) is 16.5 Å². The lowest BCUT2D eigenvalue weighted by molar-refractivity contribution is 0.214. The summed E-state index contributed by atoms with van der Waals surface area (Å²) in [7, 11) is 0. The number of anilines is 1. The molecule has 0 radical (unpaired) electrons. The minimum absolute atomic E-state index is 0.0644. The number of aryl methyl sites for hydroxylation is 1. The number of carbonyl (C=O) groups is 1. The number of hydrogen-bond acceptors (Lipinski definition) is 2. The van der Waals surface area contributed by atoms with Crippen LogP contribution in [-0.2, 0) is 0 Å². The largest absolute Gasteiger partial charge is 0.323 e. The molecule has 2 amide bonds. The van der Waals surface area contributed by atoms with E-state index in [1.165, 1.54) is 12.1 Å². The third kappa shape index (κ3) is 3.25. The smallest absolute Gasteiger partial charge is 0.308 e. The van der Waals surface area contributed by atoms with Gasteiger partial charge < -0.3 is 10.2 Å². The maximum absolute atomic E-state index is 13.1. The van der Waals surface area contributed by atoms with Crippen LogP contribution in [0.15, 0.2) is 48.5 Å². The van der Waals surface area contributed by atoms with Gasteiger partial charge in [-0.05, 0) is 42.3 Å². The molecule has 1 fully saturated rings. The van der Waals surface area contributed by atoms with Gasteiger partial charge in [-0.1, -0.05) is 24.3 Å². The predicted molar refractivity (Wildman–Crippen MR) is 88.5 cm³/mol. The molecule has 0 saturated carbocycles. The van der Waals surface area contributed by atoms with Gasteiger partial charge in [0.1, 0.15) is 11.2 Å². The van der Waals surface area contributed by atoms with Crippen LogP contribution in [0, 0.1) is 12.7 Å². The Bertz CT molecular complexity index is 675. The summed E-state index contributed by atoms with van der Waals surface area (Å²) in [5.41, 5.74) is 2.84. The topological polar surface area (TPSA) is 32.3 Å². The molecule has 3 nitrogen and oxygen atoms in total. The Morgan fingerprint density at radius 2 is 2.05 bits per heavy atom. The van der Waals surface area contributed by atoms with Crippen LogP contribution in [0.4, 0.5) is 14.9 Å². The van der Waals surface area contributed by atoms with Gasteiger partial charge >= 0.3 is 6.03 Å². The summed E-state index contributed by atoms with van der Waals surface area (Å²) in [6.07, 6.45) is 0. The number of rotatable bonds is 2. The average molecular weight is 316 g/mol. The molecule has 2 aromatic carbocycles. The van der Waals surface area contributed by atoms with Crippen molar-refractivity contribution in [2.24, 2.45) is 0 Å². The minimum atomic E-state index is -0.262.